The van der Waals surface area contributed by atoms with Crippen molar-refractivity contribution < 1.29 is 4.79 Å². The monoisotopic (exact) mass is 319 g/mol. The molecule has 2 rings (SSSR count). The molecule has 1 heterocycles. The van der Waals surface area contributed by atoms with Crippen LogP contribution in [0.2, 0.25) is 0 Å². The number of nitrogens with zero attached hydrogens (tertiary/aromatic N) is 2. The summed E-state index contributed by atoms with van der Waals surface area (Å²) in [4.78, 5) is 18.3. The highest BCUT2D eigenvalue weighted by molar-refractivity contribution is 5.94. The summed E-state index contributed by atoms with van der Waals surface area (Å²) in [5.74, 6) is 0.754. The molecular formula is C17H22ClN3O. The summed E-state index contributed by atoms with van der Waals surface area (Å²) in [6.07, 6.45) is 1.62. The quantitative estimate of drug-likeness (QED) is 0.904. The van der Waals surface area contributed by atoms with Crippen LogP contribution >= 0.6 is 12.4 Å². The number of halogens is 1. The van der Waals surface area contributed by atoms with Gasteiger partial charge in [0.15, 0.2) is 0 Å². The van der Waals surface area contributed by atoms with Crippen molar-refractivity contribution >= 4 is 29.8 Å². The number of carbonyl (C=O) groups is 1. The van der Waals surface area contributed by atoms with E-state index in [9.17, 15) is 4.79 Å². The van der Waals surface area contributed by atoms with Gasteiger partial charge in [0.2, 0.25) is 0 Å². The zero-order valence-electron chi connectivity index (χ0n) is 13.2. The van der Waals surface area contributed by atoms with E-state index in [0.717, 1.165) is 11.5 Å². The van der Waals surface area contributed by atoms with Gasteiger partial charge in [-0.3, -0.25) is 4.79 Å². The summed E-state index contributed by atoms with van der Waals surface area (Å²) in [7, 11) is 0. The summed E-state index contributed by atoms with van der Waals surface area (Å²) < 4.78 is 0. The number of aryl methyl sites for hydroxylation is 1. The Kier molecular flexibility index (Phi) is 6.86. The van der Waals surface area contributed by atoms with Crippen LogP contribution in [0, 0.1) is 6.92 Å². The molecule has 0 radical (unpaired) electrons. The van der Waals surface area contributed by atoms with E-state index >= 15 is 0 Å². The number of carbonyl (C=O) groups excluding carboxylic acids is 1. The fourth-order valence-electron chi connectivity index (χ4n) is 2.07. The van der Waals surface area contributed by atoms with Gasteiger partial charge in [0.1, 0.15) is 5.82 Å². The Morgan fingerprint density at radius 3 is 2.23 bits per heavy atom. The Balaban J connectivity index is 0.00000242. The van der Waals surface area contributed by atoms with Gasteiger partial charge in [0, 0.05) is 25.0 Å². The molecule has 1 aromatic carbocycles. The van der Waals surface area contributed by atoms with Crippen LogP contribution in [0.3, 0.4) is 0 Å². The van der Waals surface area contributed by atoms with E-state index in [-0.39, 0.29) is 18.3 Å². The van der Waals surface area contributed by atoms with Gasteiger partial charge in [-0.05, 0) is 45.0 Å². The number of benzene rings is 1. The largest absolute Gasteiger partial charge is 0.340 e. The van der Waals surface area contributed by atoms with Crippen LogP contribution in [0.25, 0.3) is 0 Å². The molecule has 0 fully saturated rings. The van der Waals surface area contributed by atoms with Crippen molar-refractivity contribution in [2.75, 3.05) is 18.4 Å². The van der Waals surface area contributed by atoms with Crippen LogP contribution < -0.4 is 5.32 Å². The molecule has 0 aliphatic carbocycles. The molecule has 2 aromatic rings. The van der Waals surface area contributed by atoms with Crippen LogP contribution in [0.5, 0.6) is 0 Å². The second-order valence-corrected chi connectivity index (χ2v) is 4.90. The molecule has 1 aromatic heterocycles. The van der Waals surface area contributed by atoms with Crippen molar-refractivity contribution in [2.45, 2.75) is 20.8 Å². The molecule has 4 nitrogen and oxygen atoms in total. The maximum atomic E-state index is 12.2. The first-order chi connectivity index (χ1) is 10.1. The lowest BCUT2D eigenvalue weighted by molar-refractivity contribution is 0.0772. The van der Waals surface area contributed by atoms with Crippen LogP contribution in [0.1, 0.15) is 29.8 Å². The number of pyridine rings is 1. The van der Waals surface area contributed by atoms with Gasteiger partial charge in [-0.2, -0.15) is 0 Å². The van der Waals surface area contributed by atoms with E-state index in [4.69, 9.17) is 0 Å². The Bertz CT molecular complexity index is 592. The molecule has 0 spiro atoms. The number of hydrogen-bond acceptors (Lipinski definition) is 3. The molecule has 118 valence electrons. The normalized spacial score (nSPS) is 9.77. The average molecular weight is 320 g/mol. The van der Waals surface area contributed by atoms with Gasteiger partial charge in [0.25, 0.3) is 5.91 Å². The molecular weight excluding hydrogens is 298 g/mol. The molecule has 0 aliphatic heterocycles. The Morgan fingerprint density at radius 2 is 1.73 bits per heavy atom. The van der Waals surface area contributed by atoms with Gasteiger partial charge in [-0.1, -0.05) is 17.7 Å². The number of anilines is 2. The molecule has 0 aliphatic rings. The Labute approximate surface area is 138 Å². The molecule has 1 N–H and O–H groups in total. The molecule has 0 bridgehead atoms. The summed E-state index contributed by atoms with van der Waals surface area (Å²) in [6.45, 7) is 7.41. The van der Waals surface area contributed by atoms with E-state index < -0.39 is 0 Å². The Morgan fingerprint density at radius 1 is 1.09 bits per heavy atom. The predicted octanol–water partition coefficient (Wildman–Crippen LogP) is 4.04. The lowest BCUT2D eigenvalue weighted by Crippen LogP contribution is -2.30. The molecule has 22 heavy (non-hydrogen) atoms. The predicted molar refractivity (Wildman–Crippen MR) is 93.2 cm³/mol. The van der Waals surface area contributed by atoms with Gasteiger partial charge < -0.3 is 10.2 Å². The second kappa shape index (κ2) is 8.39. The van der Waals surface area contributed by atoms with Gasteiger partial charge >= 0.3 is 0 Å². The molecule has 0 unspecified atom stereocenters. The van der Waals surface area contributed by atoms with E-state index in [1.54, 1.807) is 11.1 Å². The summed E-state index contributed by atoms with van der Waals surface area (Å²) >= 11 is 0. The smallest absolute Gasteiger partial charge is 0.255 e. The third-order valence-electron chi connectivity index (χ3n) is 3.39. The SMILES string of the molecule is CCN(CC)C(=O)c1ccc(Nc2ccc(C)cc2)nc1.Cl. The summed E-state index contributed by atoms with van der Waals surface area (Å²) in [5, 5.41) is 3.22. The van der Waals surface area contributed by atoms with Crippen LogP contribution in [-0.2, 0) is 0 Å². The summed E-state index contributed by atoms with van der Waals surface area (Å²) in [5.41, 5.74) is 2.82. The van der Waals surface area contributed by atoms with Crippen molar-refractivity contribution in [3.05, 3.63) is 53.7 Å². The highest BCUT2D eigenvalue weighted by atomic mass is 35.5. The standard InChI is InChI=1S/C17H21N3O.ClH/c1-4-20(5-2)17(21)14-8-11-16(18-12-14)19-15-9-6-13(3)7-10-15;/h6-12H,4-5H2,1-3H3,(H,18,19);1H. The highest BCUT2D eigenvalue weighted by Gasteiger charge is 2.12. The first kappa shape index (κ1) is 18.0. The summed E-state index contributed by atoms with van der Waals surface area (Å²) in [6, 6.07) is 11.7. The number of aromatic nitrogens is 1. The van der Waals surface area contributed by atoms with E-state index in [1.165, 1.54) is 5.56 Å². The fraction of sp³-hybridized carbons (Fsp3) is 0.294. The molecule has 5 heteroatoms. The second-order valence-electron chi connectivity index (χ2n) is 4.90. The molecule has 0 atom stereocenters. The lowest BCUT2D eigenvalue weighted by Gasteiger charge is -2.18. The fourth-order valence-corrected chi connectivity index (χ4v) is 2.07. The maximum Gasteiger partial charge on any atom is 0.255 e. The van der Waals surface area contributed by atoms with Crippen LogP contribution in [0.4, 0.5) is 11.5 Å². The third kappa shape index (κ3) is 4.46. The Hall–Kier alpha value is -2.07. The lowest BCUT2D eigenvalue weighted by atomic mass is 10.2. The first-order valence-electron chi connectivity index (χ1n) is 7.23. The first-order valence-corrected chi connectivity index (χ1v) is 7.23. The van der Waals surface area contributed by atoms with Crippen molar-refractivity contribution in [3.63, 3.8) is 0 Å². The number of nitrogens with one attached hydrogen (secondary N) is 1. The van der Waals surface area contributed by atoms with Gasteiger partial charge in [-0.25, -0.2) is 4.98 Å². The highest BCUT2D eigenvalue weighted by Crippen LogP contribution is 2.15. The van der Waals surface area contributed by atoms with E-state index in [2.05, 4.69) is 17.2 Å². The van der Waals surface area contributed by atoms with Crippen molar-refractivity contribution in [2.24, 2.45) is 0 Å². The molecule has 0 saturated heterocycles. The topological polar surface area (TPSA) is 45.2 Å². The van der Waals surface area contributed by atoms with Crippen LogP contribution in [0.15, 0.2) is 42.6 Å². The average Bonchev–Trinajstić information content (AvgIpc) is 2.51. The minimum Gasteiger partial charge on any atom is -0.340 e. The van der Waals surface area contributed by atoms with Crippen LogP contribution in [-0.4, -0.2) is 28.9 Å². The molecule has 0 saturated carbocycles. The molecule has 1 amide bonds. The van der Waals surface area contributed by atoms with Gasteiger partial charge in [-0.15, -0.1) is 12.4 Å². The van der Waals surface area contributed by atoms with E-state index in [0.29, 0.717) is 18.7 Å². The number of rotatable bonds is 5. The number of amides is 1. The van der Waals surface area contributed by atoms with Crippen molar-refractivity contribution in [1.29, 1.82) is 0 Å². The third-order valence-corrected chi connectivity index (χ3v) is 3.39. The van der Waals surface area contributed by atoms with Crippen molar-refractivity contribution in [3.8, 4) is 0 Å². The van der Waals surface area contributed by atoms with Crippen molar-refractivity contribution in [1.82, 2.24) is 9.88 Å². The van der Waals surface area contributed by atoms with E-state index in [1.807, 2.05) is 50.2 Å². The zero-order chi connectivity index (χ0) is 15.2. The minimum atomic E-state index is 0. The number of hydrogen-bond donors (Lipinski definition) is 1. The van der Waals surface area contributed by atoms with Gasteiger partial charge in [0.05, 0.1) is 5.56 Å². The zero-order valence-corrected chi connectivity index (χ0v) is 14.0. The minimum absolute atomic E-state index is 0. The maximum absolute atomic E-state index is 12.2.